The predicted molar refractivity (Wildman–Crippen MR) is 54.8 cm³/mol. The van der Waals surface area contributed by atoms with E-state index in [1.165, 1.54) is 6.07 Å². The summed E-state index contributed by atoms with van der Waals surface area (Å²) in [6, 6.07) is 3.81. The third kappa shape index (κ3) is 2.52. The smallest absolute Gasteiger partial charge is 0.219 e. The number of hydrogen-bond acceptors (Lipinski definition) is 2. The SMILES string of the molecule is NC(=O)C[C@@H](N)c1c(F)cccc1Br. The molecule has 0 saturated carbocycles. The van der Waals surface area contributed by atoms with Gasteiger partial charge in [-0.25, -0.2) is 4.39 Å². The van der Waals surface area contributed by atoms with Gasteiger partial charge in [0.15, 0.2) is 0 Å². The third-order valence-electron chi connectivity index (χ3n) is 1.79. The highest BCUT2D eigenvalue weighted by Gasteiger charge is 2.16. The first-order chi connectivity index (χ1) is 6.52. The minimum atomic E-state index is -0.705. The van der Waals surface area contributed by atoms with Crippen LogP contribution in [-0.2, 0) is 4.79 Å². The van der Waals surface area contributed by atoms with E-state index in [0.717, 1.165) is 0 Å². The normalized spacial score (nSPS) is 12.5. The summed E-state index contributed by atoms with van der Waals surface area (Å²) in [5.41, 5.74) is 10.9. The summed E-state index contributed by atoms with van der Waals surface area (Å²) in [6.07, 6.45) is -0.0699. The molecular formula is C9H10BrFN2O. The van der Waals surface area contributed by atoms with E-state index in [0.29, 0.717) is 4.47 Å². The minimum absolute atomic E-state index is 0.0699. The zero-order chi connectivity index (χ0) is 10.7. The molecule has 14 heavy (non-hydrogen) atoms. The number of rotatable bonds is 3. The largest absolute Gasteiger partial charge is 0.370 e. The molecule has 0 fully saturated rings. The van der Waals surface area contributed by atoms with Crippen LogP contribution in [0.25, 0.3) is 0 Å². The lowest BCUT2D eigenvalue weighted by Gasteiger charge is -2.12. The number of hydrogen-bond donors (Lipinski definition) is 2. The fourth-order valence-corrected chi connectivity index (χ4v) is 1.82. The Bertz CT molecular complexity index is 336. The van der Waals surface area contributed by atoms with E-state index in [-0.39, 0.29) is 12.0 Å². The van der Waals surface area contributed by atoms with E-state index >= 15 is 0 Å². The van der Waals surface area contributed by atoms with Gasteiger partial charge in [0.2, 0.25) is 5.91 Å². The van der Waals surface area contributed by atoms with Crippen molar-refractivity contribution in [1.82, 2.24) is 0 Å². The molecule has 0 heterocycles. The summed E-state index contributed by atoms with van der Waals surface area (Å²) in [6.45, 7) is 0. The second-order valence-corrected chi connectivity index (χ2v) is 3.77. The van der Waals surface area contributed by atoms with E-state index in [1.807, 2.05) is 0 Å². The molecule has 0 bridgehead atoms. The Labute approximate surface area is 89.4 Å². The molecule has 5 heteroatoms. The Morgan fingerprint density at radius 2 is 2.21 bits per heavy atom. The van der Waals surface area contributed by atoms with Crippen molar-refractivity contribution in [2.75, 3.05) is 0 Å². The number of nitrogens with two attached hydrogens (primary N) is 2. The zero-order valence-corrected chi connectivity index (χ0v) is 8.92. The lowest BCUT2D eigenvalue weighted by Crippen LogP contribution is -2.21. The Morgan fingerprint density at radius 3 is 2.71 bits per heavy atom. The second-order valence-electron chi connectivity index (χ2n) is 2.91. The molecule has 1 rings (SSSR count). The highest BCUT2D eigenvalue weighted by atomic mass is 79.9. The number of carbonyl (C=O) groups excluding carboxylic acids is 1. The number of amides is 1. The van der Waals surface area contributed by atoms with Gasteiger partial charge in [-0.3, -0.25) is 4.79 Å². The third-order valence-corrected chi connectivity index (χ3v) is 2.48. The van der Waals surface area contributed by atoms with Crippen LogP contribution in [0.2, 0.25) is 0 Å². The lowest BCUT2D eigenvalue weighted by atomic mass is 10.0. The van der Waals surface area contributed by atoms with Crippen molar-refractivity contribution in [3.8, 4) is 0 Å². The minimum Gasteiger partial charge on any atom is -0.370 e. The van der Waals surface area contributed by atoms with Crippen molar-refractivity contribution < 1.29 is 9.18 Å². The molecule has 0 saturated heterocycles. The Hall–Kier alpha value is -0.940. The predicted octanol–water partition coefficient (Wildman–Crippen LogP) is 1.46. The van der Waals surface area contributed by atoms with Crippen LogP contribution in [0.1, 0.15) is 18.0 Å². The number of halogens is 2. The summed E-state index contributed by atoms with van der Waals surface area (Å²) in [7, 11) is 0. The van der Waals surface area contributed by atoms with Crippen LogP contribution in [0.15, 0.2) is 22.7 Å². The number of primary amides is 1. The van der Waals surface area contributed by atoms with E-state index in [2.05, 4.69) is 15.9 Å². The van der Waals surface area contributed by atoms with Gasteiger partial charge < -0.3 is 11.5 Å². The number of carbonyl (C=O) groups is 1. The van der Waals surface area contributed by atoms with Gasteiger partial charge in [-0.2, -0.15) is 0 Å². The van der Waals surface area contributed by atoms with Crippen molar-refractivity contribution in [2.45, 2.75) is 12.5 Å². The van der Waals surface area contributed by atoms with E-state index in [1.54, 1.807) is 12.1 Å². The Balaban J connectivity index is 2.99. The molecule has 0 aromatic heterocycles. The van der Waals surface area contributed by atoms with Gasteiger partial charge in [-0.05, 0) is 12.1 Å². The summed E-state index contributed by atoms with van der Waals surface area (Å²) in [5.74, 6) is -0.985. The molecule has 0 unspecified atom stereocenters. The first kappa shape index (κ1) is 11.1. The summed E-state index contributed by atoms with van der Waals surface area (Å²) in [5, 5.41) is 0. The first-order valence-electron chi connectivity index (χ1n) is 4.00. The van der Waals surface area contributed by atoms with Gasteiger partial charge in [-0.15, -0.1) is 0 Å². The lowest BCUT2D eigenvalue weighted by molar-refractivity contribution is -0.118. The van der Waals surface area contributed by atoms with Crippen molar-refractivity contribution in [3.05, 3.63) is 34.1 Å². The van der Waals surface area contributed by atoms with Gasteiger partial charge in [0.1, 0.15) is 5.82 Å². The molecule has 0 aliphatic rings. The molecule has 0 aliphatic carbocycles. The van der Waals surface area contributed by atoms with Gasteiger partial charge in [-0.1, -0.05) is 22.0 Å². The molecule has 0 aliphatic heterocycles. The molecule has 0 radical (unpaired) electrons. The van der Waals surface area contributed by atoms with Gasteiger partial charge in [0.25, 0.3) is 0 Å². The van der Waals surface area contributed by atoms with Crippen molar-refractivity contribution >= 4 is 21.8 Å². The second kappa shape index (κ2) is 4.52. The van der Waals surface area contributed by atoms with Gasteiger partial charge in [0, 0.05) is 22.5 Å². The van der Waals surface area contributed by atoms with Gasteiger partial charge in [0.05, 0.1) is 0 Å². The molecular weight excluding hydrogens is 251 g/mol. The average molecular weight is 261 g/mol. The molecule has 1 aromatic rings. The van der Waals surface area contributed by atoms with Crippen LogP contribution in [-0.4, -0.2) is 5.91 Å². The highest BCUT2D eigenvalue weighted by Crippen LogP contribution is 2.26. The summed E-state index contributed by atoms with van der Waals surface area (Å²) in [4.78, 5) is 10.6. The fourth-order valence-electron chi connectivity index (χ4n) is 1.18. The standard InChI is InChI=1S/C9H10BrFN2O/c10-5-2-1-3-6(11)9(5)7(12)4-8(13)14/h1-3,7H,4,12H2,(H2,13,14)/t7-/m1/s1. The zero-order valence-electron chi connectivity index (χ0n) is 7.34. The number of benzene rings is 1. The van der Waals surface area contributed by atoms with Crippen LogP contribution in [0, 0.1) is 5.82 Å². The van der Waals surface area contributed by atoms with Gasteiger partial charge >= 0.3 is 0 Å². The molecule has 1 aromatic carbocycles. The van der Waals surface area contributed by atoms with E-state index < -0.39 is 17.8 Å². The van der Waals surface area contributed by atoms with Crippen LogP contribution in [0.4, 0.5) is 4.39 Å². The van der Waals surface area contributed by atoms with Crippen LogP contribution in [0.5, 0.6) is 0 Å². The summed E-state index contributed by atoms with van der Waals surface area (Å²) >= 11 is 3.17. The maximum absolute atomic E-state index is 13.3. The van der Waals surface area contributed by atoms with E-state index in [4.69, 9.17) is 11.5 Å². The van der Waals surface area contributed by atoms with Crippen molar-refractivity contribution in [1.29, 1.82) is 0 Å². The van der Waals surface area contributed by atoms with Crippen LogP contribution >= 0.6 is 15.9 Å². The topological polar surface area (TPSA) is 69.1 Å². The molecule has 3 nitrogen and oxygen atoms in total. The molecule has 76 valence electrons. The van der Waals surface area contributed by atoms with E-state index in [9.17, 15) is 9.18 Å². The molecule has 1 atom stereocenters. The van der Waals surface area contributed by atoms with Crippen LogP contribution in [0.3, 0.4) is 0 Å². The molecule has 1 amide bonds. The first-order valence-corrected chi connectivity index (χ1v) is 4.79. The molecule has 4 N–H and O–H groups in total. The Morgan fingerprint density at radius 1 is 1.57 bits per heavy atom. The Kier molecular flexibility index (Phi) is 3.60. The quantitative estimate of drug-likeness (QED) is 0.864. The fraction of sp³-hybridized carbons (Fsp3) is 0.222. The van der Waals surface area contributed by atoms with Crippen molar-refractivity contribution in [3.63, 3.8) is 0 Å². The highest BCUT2D eigenvalue weighted by molar-refractivity contribution is 9.10. The average Bonchev–Trinajstić information content (AvgIpc) is 2.01. The molecule has 0 spiro atoms. The monoisotopic (exact) mass is 260 g/mol. The maximum atomic E-state index is 13.3. The maximum Gasteiger partial charge on any atom is 0.219 e. The summed E-state index contributed by atoms with van der Waals surface area (Å²) < 4.78 is 13.8. The van der Waals surface area contributed by atoms with Crippen LogP contribution < -0.4 is 11.5 Å². The van der Waals surface area contributed by atoms with Crippen molar-refractivity contribution in [2.24, 2.45) is 11.5 Å².